The number of hydrogen-bond acceptors (Lipinski definition) is 4. The lowest BCUT2D eigenvalue weighted by Crippen LogP contribution is -2.47. The van der Waals surface area contributed by atoms with Crippen LogP contribution in [-0.2, 0) is 11.2 Å². The number of aromatic nitrogens is 1. The molecule has 1 aromatic heterocycles. The number of carbonyl (C=O) groups is 1. The Labute approximate surface area is 144 Å². The van der Waals surface area contributed by atoms with E-state index < -0.39 is 0 Å². The van der Waals surface area contributed by atoms with Gasteiger partial charge in [-0.1, -0.05) is 12.1 Å². The number of hydrogen-bond donors (Lipinski definition) is 1. The van der Waals surface area contributed by atoms with Gasteiger partial charge in [0.2, 0.25) is 0 Å². The Morgan fingerprint density at radius 2 is 2.25 bits per heavy atom. The number of benzene rings is 1. The number of halogens is 1. The standard InChI is InChI=1S/C17H20FN3O2S/c1-12-20-15(11-24-12)6-7-19-17(22)21-8-9-23-16(10-21)13-2-4-14(18)5-3-13/h2-5,11,16H,6-10H2,1H3,(H,19,22). The van der Waals surface area contributed by atoms with Gasteiger partial charge in [-0.25, -0.2) is 14.2 Å². The number of aryl methyl sites for hydroxylation is 1. The molecule has 2 amide bonds. The van der Waals surface area contributed by atoms with Crippen molar-refractivity contribution in [3.8, 4) is 0 Å². The van der Waals surface area contributed by atoms with Gasteiger partial charge in [-0.15, -0.1) is 11.3 Å². The van der Waals surface area contributed by atoms with Gasteiger partial charge in [0, 0.05) is 24.9 Å². The molecule has 0 radical (unpaired) electrons. The van der Waals surface area contributed by atoms with Crippen LogP contribution < -0.4 is 5.32 Å². The molecular weight excluding hydrogens is 329 g/mol. The summed E-state index contributed by atoms with van der Waals surface area (Å²) in [5, 5.41) is 5.98. The highest BCUT2D eigenvalue weighted by Gasteiger charge is 2.25. The van der Waals surface area contributed by atoms with Gasteiger partial charge in [-0.3, -0.25) is 0 Å². The van der Waals surface area contributed by atoms with Crippen molar-refractivity contribution in [3.05, 3.63) is 51.7 Å². The number of rotatable bonds is 4. The van der Waals surface area contributed by atoms with Gasteiger partial charge in [0.25, 0.3) is 0 Å². The highest BCUT2D eigenvalue weighted by atomic mass is 32.1. The molecule has 1 atom stereocenters. The van der Waals surface area contributed by atoms with Gasteiger partial charge in [0.1, 0.15) is 11.9 Å². The van der Waals surface area contributed by atoms with E-state index in [1.807, 2.05) is 12.3 Å². The van der Waals surface area contributed by atoms with Crippen LogP contribution in [0.2, 0.25) is 0 Å². The maximum absolute atomic E-state index is 13.0. The fraction of sp³-hybridized carbons (Fsp3) is 0.412. The highest BCUT2D eigenvalue weighted by Crippen LogP contribution is 2.22. The number of nitrogens with one attached hydrogen (secondary N) is 1. The van der Waals surface area contributed by atoms with Crippen LogP contribution >= 0.6 is 11.3 Å². The third kappa shape index (κ3) is 4.30. The lowest BCUT2D eigenvalue weighted by molar-refractivity contribution is -0.0154. The third-order valence-corrected chi connectivity index (χ3v) is 4.74. The molecule has 24 heavy (non-hydrogen) atoms. The monoisotopic (exact) mass is 349 g/mol. The van der Waals surface area contributed by atoms with Gasteiger partial charge >= 0.3 is 6.03 Å². The van der Waals surface area contributed by atoms with E-state index in [-0.39, 0.29) is 18.0 Å². The Balaban J connectivity index is 1.50. The zero-order valence-electron chi connectivity index (χ0n) is 13.5. The summed E-state index contributed by atoms with van der Waals surface area (Å²) >= 11 is 1.61. The minimum Gasteiger partial charge on any atom is -0.370 e. The van der Waals surface area contributed by atoms with Gasteiger partial charge < -0.3 is 15.0 Å². The number of amides is 2. The summed E-state index contributed by atoms with van der Waals surface area (Å²) in [7, 11) is 0. The zero-order chi connectivity index (χ0) is 16.9. The number of ether oxygens (including phenoxy) is 1. The predicted octanol–water partition coefficient (Wildman–Crippen LogP) is 2.92. The topological polar surface area (TPSA) is 54.5 Å². The first kappa shape index (κ1) is 16.9. The maximum Gasteiger partial charge on any atom is 0.317 e. The van der Waals surface area contributed by atoms with Crippen molar-refractivity contribution < 1.29 is 13.9 Å². The van der Waals surface area contributed by atoms with Crippen molar-refractivity contribution in [1.82, 2.24) is 15.2 Å². The zero-order valence-corrected chi connectivity index (χ0v) is 14.3. The molecule has 1 aliphatic rings. The summed E-state index contributed by atoms with van der Waals surface area (Å²) in [5.74, 6) is -0.276. The Morgan fingerprint density at radius 1 is 1.46 bits per heavy atom. The number of urea groups is 1. The minimum absolute atomic E-state index is 0.0997. The molecule has 2 heterocycles. The SMILES string of the molecule is Cc1nc(CCNC(=O)N2CCOC(c3ccc(F)cc3)C2)cs1. The number of nitrogens with zero attached hydrogens (tertiary/aromatic N) is 2. The van der Waals surface area contributed by atoms with Gasteiger partial charge in [-0.05, 0) is 24.6 Å². The van der Waals surface area contributed by atoms with Crippen molar-refractivity contribution in [3.63, 3.8) is 0 Å². The molecule has 1 unspecified atom stereocenters. The molecule has 1 fully saturated rings. The van der Waals surface area contributed by atoms with Crippen molar-refractivity contribution >= 4 is 17.4 Å². The van der Waals surface area contributed by atoms with Crippen LogP contribution in [0.5, 0.6) is 0 Å². The molecule has 7 heteroatoms. The third-order valence-electron chi connectivity index (χ3n) is 3.92. The molecule has 128 valence electrons. The Morgan fingerprint density at radius 3 is 2.96 bits per heavy atom. The number of carbonyl (C=O) groups excluding carboxylic acids is 1. The number of thiazole rings is 1. The second-order valence-electron chi connectivity index (χ2n) is 5.70. The molecule has 5 nitrogen and oxygen atoms in total. The molecule has 1 saturated heterocycles. The highest BCUT2D eigenvalue weighted by molar-refractivity contribution is 7.09. The van der Waals surface area contributed by atoms with Crippen LogP contribution in [0.3, 0.4) is 0 Å². The van der Waals surface area contributed by atoms with E-state index >= 15 is 0 Å². The van der Waals surface area contributed by atoms with Crippen molar-refractivity contribution in [1.29, 1.82) is 0 Å². The summed E-state index contributed by atoms with van der Waals surface area (Å²) in [6, 6.07) is 6.12. The van der Waals surface area contributed by atoms with Crippen LogP contribution in [0.25, 0.3) is 0 Å². The summed E-state index contributed by atoms with van der Waals surface area (Å²) in [6.07, 6.45) is 0.508. The molecule has 0 spiro atoms. The molecule has 0 saturated carbocycles. The quantitative estimate of drug-likeness (QED) is 0.923. The van der Waals surface area contributed by atoms with Gasteiger partial charge in [-0.2, -0.15) is 0 Å². The Bertz CT molecular complexity index is 689. The average molecular weight is 349 g/mol. The summed E-state index contributed by atoms with van der Waals surface area (Å²) in [4.78, 5) is 18.4. The van der Waals surface area contributed by atoms with E-state index in [1.54, 1.807) is 28.4 Å². The van der Waals surface area contributed by atoms with Crippen molar-refractivity contribution in [2.45, 2.75) is 19.4 Å². The predicted molar refractivity (Wildman–Crippen MR) is 90.6 cm³/mol. The molecule has 1 aliphatic heterocycles. The summed E-state index contributed by atoms with van der Waals surface area (Å²) in [6.45, 7) is 4.02. The van der Waals surface area contributed by atoms with E-state index in [0.717, 1.165) is 22.7 Å². The van der Waals surface area contributed by atoms with Crippen molar-refractivity contribution in [2.75, 3.05) is 26.2 Å². The second-order valence-corrected chi connectivity index (χ2v) is 6.76. The molecule has 1 N–H and O–H groups in total. The lowest BCUT2D eigenvalue weighted by atomic mass is 10.1. The van der Waals surface area contributed by atoms with Crippen LogP contribution in [0.15, 0.2) is 29.6 Å². The first-order chi connectivity index (χ1) is 11.6. The lowest BCUT2D eigenvalue weighted by Gasteiger charge is -2.33. The Hall–Kier alpha value is -1.99. The normalized spacial score (nSPS) is 17.8. The Kier molecular flexibility index (Phi) is 5.42. The first-order valence-corrected chi connectivity index (χ1v) is 8.80. The van der Waals surface area contributed by atoms with E-state index in [1.165, 1.54) is 12.1 Å². The van der Waals surface area contributed by atoms with E-state index in [0.29, 0.717) is 26.2 Å². The molecule has 3 rings (SSSR count). The first-order valence-electron chi connectivity index (χ1n) is 7.92. The van der Waals surface area contributed by atoms with E-state index in [2.05, 4.69) is 10.3 Å². The van der Waals surface area contributed by atoms with E-state index in [4.69, 9.17) is 4.74 Å². The van der Waals surface area contributed by atoms with E-state index in [9.17, 15) is 9.18 Å². The fourth-order valence-corrected chi connectivity index (χ4v) is 3.29. The summed E-state index contributed by atoms with van der Waals surface area (Å²) < 4.78 is 18.7. The summed E-state index contributed by atoms with van der Waals surface area (Å²) in [5.41, 5.74) is 1.89. The second kappa shape index (κ2) is 7.72. The van der Waals surface area contributed by atoms with Crippen molar-refractivity contribution in [2.24, 2.45) is 0 Å². The van der Waals surface area contributed by atoms with Gasteiger partial charge in [0.15, 0.2) is 0 Å². The van der Waals surface area contributed by atoms with Gasteiger partial charge in [0.05, 0.1) is 23.9 Å². The largest absolute Gasteiger partial charge is 0.370 e. The van der Waals surface area contributed by atoms with Crippen LogP contribution in [0.1, 0.15) is 22.4 Å². The van der Waals surface area contributed by atoms with Crippen LogP contribution in [0, 0.1) is 12.7 Å². The molecular formula is C17H20FN3O2S. The maximum atomic E-state index is 13.0. The molecule has 2 aromatic rings. The van der Waals surface area contributed by atoms with Crippen LogP contribution in [0.4, 0.5) is 9.18 Å². The minimum atomic E-state index is -0.276. The van der Waals surface area contributed by atoms with Crippen LogP contribution in [-0.4, -0.2) is 42.2 Å². The molecule has 0 aliphatic carbocycles. The molecule has 0 bridgehead atoms. The number of morpholine rings is 1. The smallest absolute Gasteiger partial charge is 0.317 e. The average Bonchev–Trinajstić information content (AvgIpc) is 3.01. The fourth-order valence-electron chi connectivity index (χ4n) is 2.65. The molecule has 1 aromatic carbocycles.